The molecule has 1 aromatic rings. The minimum absolute atomic E-state index is 0.0327. The van der Waals surface area contributed by atoms with Gasteiger partial charge in [0.05, 0.1) is 6.54 Å². The normalized spacial score (nSPS) is 19.4. The Bertz CT molecular complexity index is 546. The van der Waals surface area contributed by atoms with Crippen LogP contribution in [0.15, 0.2) is 18.2 Å². The molecule has 0 saturated carbocycles. The molecule has 6 heteroatoms. The molecule has 0 radical (unpaired) electrons. The topological polar surface area (TPSA) is 49.4 Å². The molecule has 0 bridgehead atoms. The molecule has 1 N–H and O–H groups in total. The fourth-order valence-corrected chi connectivity index (χ4v) is 2.82. The van der Waals surface area contributed by atoms with Crippen molar-refractivity contribution in [3.63, 3.8) is 0 Å². The van der Waals surface area contributed by atoms with Crippen molar-refractivity contribution in [1.29, 1.82) is 0 Å². The lowest BCUT2D eigenvalue weighted by Crippen LogP contribution is -2.59. The van der Waals surface area contributed by atoms with Crippen LogP contribution in [0.4, 0.5) is 0 Å². The Morgan fingerprint density at radius 1 is 1.35 bits per heavy atom. The van der Waals surface area contributed by atoms with Crippen LogP contribution in [-0.4, -0.2) is 29.3 Å². The Kier molecular flexibility index (Phi) is 4.55. The van der Waals surface area contributed by atoms with Crippen LogP contribution in [0, 0.1) is 5.92 Å². The number of piperazine rings is 1. The van der Waals surface area contributed by atoms with E-state index in [1.807, 2.05) is 13.8 Å². The molecule has 108 valence electrons. The smallest absolute Gasteiger partial charge is 0.243 e. The monoisotopic (exact) mass is 314 g/mol. The van der Waals surface area contributed by atoms with E-state index in [-0.39, 0.29) is 24.3 Å². The lowest BCUT2D eigenvalue weighted by Gasteiger charge is -2.37. The molecule has 20 heavy (non-hydrogen) atoms. The number of hydrogen-bond acceptors (Lipinski definition) is 2. The van der Waals surface area contributed by atoms with Crippen molar-refractivity contribution in [1.82, 2.24) is 10.2 Å². The first kappa shape index (κ1) is 15.1. The lowest BCUT2D eigenvalue weighted by molar-refractivity contribution is -0.148. The SMILES string of the molecule is CC(C)C1C(=O)NCC(=O)N1Cc1ccc(Cl)cc1Cl. The third-order valence-corrected chi connectivity index (χ3v) is 3.91. The Labute approximate surface area is 128 Å². The Hall–Kier alpha value is -1.26. The molecule has 2 rings (SSSR count). The highest BCUT2D eigenvalue weighted by atomic mass is 35.5. The third kappa shape index (κ3) is 3.07. The maximum Gasteiger partial charge on any atom is 0.243 e. The number of benzene rings is 1. The van der Waals surface area contributed by atoms with Crippen LogP contribution in [0.3, 0.4) is 0 Å². The summed E-state index contributed by atoms with van der Waals surface area (Å²) in [6.07, 6.45) is 0. The van der Waals surface area contributed by atoms with Gasteiger partial charge in [0, 0.05) is 16.6 Å². The van der Waals surface area contributed by atoms with Crippen LogP contribution in [0.25, 0.3) is 0 Å². The summed E-state index contributed by atoms with van der Waals surface area (Å²) >= 11 is 12.0. The van der Waals surface area contributed by atoms with Crippen molar-refractivity contribution >= 4 is 35.0 Å². The van der Waals surface area contributed by atoms with Crippen LogP contribution in [-0.2, 0) is 16.1 Å². The van der Waals surface area contributed by atoms with E-state index >= 15 is 0 Å². The van der Waals surface area contributed by atoms with E-state index in [1.54, 1.807) is 23.1 Å². The molecule has 1 atom stereocenters. The number of hydrogen-bond donors (Lipinski definition) is 1. The molecular weight excluding hydrogens is 299 g/mol. The van der Waals surface area contributed by atoms with Gasteiger partial charge in [-0.15, -0.1) is 0 Å². The highest BCUT2D eigenvalue weighted by Crippen LogP contribution is 2.25. The standard InChI is InChI=1S/C14H16Cl2N2O2/c1-8(2)13-14(20)17-6-12(19)18(13)7-9-3-4-10(15)5-11(9)16/h3-5,8,13H,6-7H2,1-2H3,(H,17,20). The van der Waals surface area contributed by atoms with Crippen LogP contribution >= 0.6 is 23.2 Å². The maximum atomic E-state index is 12.1. The summed E-state index contributed by atoms with van der Waals surface area (Å²) in [7, 11) is 0. The summed E-state index contributed by atoms with van der Waals surface area (Å²) in [5.41, 5.74) is 0.782. The minimum Gasteiger partial charge on any atom is -0.345 e. The molecule has 1 fully saturated rings. The Balaban J connectivity index is 2.28. The zero-order chi connectivity index (χ0) is 14.9. The van der Waals surface area contributed by atoms with Gasteiger partial charge in [-0.2, -0.15) is 0 Å². The second-order valence-electron chi connectivity index (χ2n) is 5.16. The van der Waals surface area contributed by atoms with Crippen molar-refractivity contribution in [2.24, 2.45) is 5.92 Å². The van der Waals surface area contributed by atoms with E-state index in [4.69, 9.17) is 23.2 Å². The second-order valence-corrected chi connectivity index (χ2v) is 6.01. The number of halogens is 2. The highest BCUT2D eigenvalue weighted by Gasteiger charge is 2.36. The quantitative estimate of drug-likeness (QED) is 0.931. The molecule has 0 aromatic heterocycles. The van der Waals surface area contributed by atoms with Gasteiger partial charge in [-0.05, 0) is 23.6 Å². The van der Waals surface area contributed by atoms with Gasteiger partial charge < -0.3 is 10.2 Å². The van der Waals surface area contributed by atoms with Crippen molar-refractivity contribution in [3.05, 3.63) is 33.8 Å². The Morgan fingerprint density at radius 3 is 2.65 bits per heavy atom. The molecule has 2 amide bonds. The van der Waals surface area contributed by atoms with Crippen LogP contribution in [0.2, 0.25) is 10.0 Å². The molecule has 1 aliphatic rings. The maximum absolute atomic E-state index is 12.1. The molecule has 1 unspecified atom stereocenters. The molecule has 1 aromatic carbocycles. The summed E-state index contributed by atoms with van der Waals surface area (Å²) in [4.78, 5) is 25.6. The van der Waals surface area contributed by atoms with Crippen LogP contribution < -0.4 is 5.32 Å². The molecular formula is C14H16Cl2N2O2. The van der Waals surface area contributed by atoms with E-state index in [0.717, 1.165) is 5.56 Å². The van der Waals surface area contributed by atoms with Crippen molar-refractivity contribution < 1.29 is 9.59 Å². The predicted octanol–water partition coefficient (Wildman–Crippen LogP) is 2.48. The number of amides is 2. The van der Waals surface area contributed by atoms with Crippen molar-refractivity contribution in [2.75, 3.05) is 6.54 Å². The van der Waals surface area contributed by atoms with Crippen molar-refractivity contribution in [2.45, 2.75) is 26.4 Å². The van der Waals surface area contributed by atoms with Crippen LogP contribution in [0.5, 0.6) is 0 Å². The van der Waals surface area contributed by atoms with Gasteiger partial charge in [-0.25, -0.2) is 0 Å². The second kappa shape index (κ2) is 6.02. The molecule has 4 nitrogen and oxygen atoms in total. The molecule has 0 aliphatic carbocycles. The van der Waals surface area contributed by atoms with Gasteiger partial charge >= 0.3 is 0 Å². The fraction of sp³-hybridized carbons (Fsp3) is 0.429. The van der Waals surface area contributed by atoms with Gasteiger partial charge in [0.2, 0.25) is 11.8 Å². The largest absolute Gasteiger partial charge is 0.345 e. The zero-order valence-electron chi connectivity index (χ0n) is 11.3. The lowest BCUT2D eigenvalue weighted by atomic mass is 9.98. The summed E-state index contributed by atoms with van der Waals surface area (Å²) in [6.45, 7) is 4.18. The number of nitrogens with one attached hydrogen (secondary N) is 1. The van der Waals surface area contributed by atoms with E-state index < -0.39 is 6.04 Å². The summed E-state index contributed by atoms with van der Waals surface area (Å²) in [6, 6.07) is 4.67. The number of carbonyl (C=O) groups is 2. The van der Waals surface area contributed by atoms with Gasteiger partial charge in [0.15, 0.2) is 0 Å². The minimum atomic E-state index is -0.469. The average Bonchev–Trinajstić information content (AvgIpc) is 2.36. The molecule has 1 saturated heterocycles. The Morgan fingerprint density at radius 2 is 2.05 bits per heavy atom. The van der Waals surface area contributed by atoms with E-state index in [2.05, 4.69) is 5.32 Å². The number of carbonyl (C=O) groups excluding carboxylic acids is 2. The van der Waals surface area contributed by atoms with Crippen molar-refractivity contribution in [3.8, 4) is 0 Å². The van der Waals surface area contributed by atoms with E-state index in [1.165, 1.54) is 0 Å². The molecule has 1 heterocycles. The predicted molar refractivity (Wildman–Crippen MR) is 78.6 cm³/mol. The first-order valence-corrected chi connectivity index (χ1v) is 7.17. The first-order chi connectivity index (χ1) is 9.40. The summed E-state index contributed by atoms with van der Waals surface area (Å²) in [5.74, 6) is -0.190. The molecule has 1 aliphatic heterocycles. The molecule has 0 spiro atoms. The highest BCUT2D eigenvalue weighted by molar-refractivity contribution is 6.35. The van der Waals surface area contributed by atoms with E-state index in [0.29, 0.717) is 16.6 Å². The third-order valence-electron chi connectivity index (χ3n) is 3.33. The average molecular weight is 315 g/mol. The van der Waals surface area contributed by atoms with Crippen LogP contribution in [0.1, 0.15) is 19.4 Å². The fourth-order valence-electron chi connectivity index (χ4n) is 2.35. The zero-order valence-corrected chi connectivity index (χ0v) is 12.8. The number of nitrogens with zero attached hydrogens (tertiary/aromatic N) is 1. The first-order valence-electron chi connectivity index (χ1n) is 6.41. The summed E-state index contributed by atoms with van der Waals surface area (Å²) in [5, 5.41) is 3.66. The van der Waals surface area contributed by atoms with Gasteiger partial charge in [-0.1, -0.05) is 43.1 Å². The van der Waals surface area contributed by atoms with Gasteiger partial charge in [0.1, 0.15) is 6.04 Å². The van der Waals surface area contributed by atoms with Gasteiger partial charge in [-0.3, -0.25) is 9.59 Å². The van der Waals surface area contributed by atoms with E-state index in [9.17, 15) is 9.59 Å². The number of rotatable bonds is 3. The van der Waals surface area contributed by atoms with Gasteiger partial charge in [0.25, 0.3) is 0 Å². The summed E-state index contributed by atoms with van der Waals surface area (Å²) < 4.78 is 0.